The summed E-state index contributed by atoms with van der Waals surface area (Å²) >= 11 is 0. The van der Waals surface area contributed by atoms with E-state index in [1.54, 1.807) is 7.05 Å². The Kier molecular flexibility index (Phi) is 3.50. The van der Waals surface area contributed by atoms with E-state index in [4.69, 9.17) is 4.74 Å². The van der Waals surface area contributed by atoms with E-state index >= 15 is 0 Å². The first-order valence-electron chi connectivity index (χ1n) is 5.78. The number of carbonyl (C=O) groups is 3. The predicted molar refractivity (Wildman–Crippen MR) is 63.2 cm³/mol. The topological polar surface area (TPSA) is 93.5 Å². The molecule has 102 valence electrons. The fourth-order valence-electron chi connectivity index (χ4n) is 1.71. The molecule has 0 radical (unpaired) electrons. The van der Waals surface area contributed by atoms with E-state index in [-0.39, 0.29) is 12.1 Å². The van der Waals surface area contributed by atoms with E-state index in [2.05, 4.69) is 10.4 Å². The fourth-order valence-corrected chi connectivity index (χ4v) is 1.71. The van der Waals surface area contributed by atoms with E-state index in [0.29, 0.717) is 6.54 Å². The van der Waals surface area contributed by atoms with Crippen molar-refractivity contribution in [2.75, 3.05) is 13.1 Å². The van der Waals surface area contributed by atoms with Gasteiger partial charge in [-0.25, -0.2) is 9.59 Å². The lowest BCUT2D eigenvalue weighted by atomic mass is 10.3. The summed E-state index contributed by atoms with van der Waals surface area (Å²) in [5, 5.41) is 6.34. The number of nitrogens with one attached hydrogen (secondary N) is 1. The van der Waals surface area contributed by atoms with Gasteiger partial charge >= 0.3 is 12.0 Å². The molecule has 1 saturated heterocycles. The molecule has 8 heteroatoms. The first-order chi connectivity index (χ1) is 8.99. The summed E-state index contributed by atoms with van der Waals surface area (Å²) in [7, 11) is 1.67. The second-order valence-electron chi connectivity index (χ2n) is 4.17. The second kappa shape index (κ2) is 5.09. The van der Waals surface area contributed by atoms with E-state index in [1.807, 2.05) is 0 Å². The zero-order valence-corrected chi connectivity index (χ0v) is 10.6. The highest BCUT2D eigenvalue weighted by molar-refractivity contribution is 5.99. The molecular formula is C11H14N4O4. The third-order valence-corrected chi connectivity index (χ3v) is 2.69. The van der Waals surface area contributed by atoms with Crippen molar-refractivity contribution in [3.05, 3.63) is 18.0 Å². The Labute approximate surface area is 109 Å². The maximum absolute atomic E-state index is 11.9. The first kappa shape index (κ1) is 13.1. The Morgan fingerprint density at radius 1 is 1.53 bits per heavy atom. The van der Waals surface area contributed by atoms with Crippen molar-refractivity contribution in [2.45, 2.75) is 13.0 Å². The van der Waals surface area contributed by atoms with Crippen LogP contribution in [-0.2, 0) is 16.6 Å². The molecule has 0 aliphatic carbocycles. The molecule has 0 aromatic carbocycles. The van der Waals surface area contributed by atoms with Crippen molar-refractivity contribution in [2.24, 2.45) is 7.05 Å². The van der Waals surface area contributed by atoms with Gasteiger partial charge in [-0.3, -0.25) is 14.4 Å². The number of rotatable bonds is 3. The second-order valence-corrected chi connectivity index (χ2v) is 4.17. The number of carbonyl (C=O) groups excluding carboxylic acids is 3. The zero-order valence-electron chi connectivity index (χ0n) is 10.6. The van der Waals surface area contributed by atoms with Crippen LogP contribution in [0.2, 0.25) is 0 Å². The molecule has 1 aromatic rings. The van der Waals surface area contributed by atoms with Gasteiger partial charge in [0.1, 0.15) is 0 Å². The zero-order chi connectivity index (χ0) is 14.0. The third kappa shape index (κ3) is 2.72. The van der Waals surface area contributed by atoms with Gasteiger partial charge in [0.15, 0.2) is 6.10 Å². The molecule has 8 nitrogen and oxygen atoms in total. The molecule has 0 bridgehead atoms. The molecule has 1 aromatic heterocycles. The molecule has 2 heterocycles. The van der Waals surface area contributed by atoms with Gasteiger partial charge in [0, 0.05) is 26.3 Å². The number of nitrogens with zero attached hydrogens (tertiary/aromatic N) is 3. The van der Waals surface area contributed by atoms with Crippen LogP contribution in [0.1, 0.15) is 17.3 Å². The summed E-state index contributed by atoms with van der Waals surface area (Å²) < 4.78 is 6.46. The number of ether oxygens (including phenoxy) is 1. The minimum absolute atomic E-state index is 0.257. The number of imide groups is 1. The van der Waals surface area contributed by atoms with E-state index in [0.717, 1.165) is 4.90 Å². The van der Waals surface area contributed by atoms with Crippen molar-refractivity contribution < 1.29 is 19.1 Å². The van der Waals surface area contributed by atoms with Crippen molar-refractivity contribution in [1.29, 1.82) is 0 Å². The Bertz CT molecular complexity index is 525. The SMILES string of the molecule is CC(OC(=O)c1cnn(C)c1)C(=O)N1CCNC1=O. The van der Waals surface area contributed by atoms with Gasteiger partial charge in [0.05, 0.1) is 11.8 Å². The van der Waals surface area contributed by atoms with Crippen LogP contribution in [0.4, 0.5) is 4.79 Å². The van der Waals surface area contributed by atoms with Gasteiger partial charge in [-0.05, 0) is 6.92 Å². The number of hydrogen-bond donors (Lipinski definition) is 1. The summed E-state index contributed by atoms with van der Waals surface area (Å²) in [5.74, 6) is -1.18. The fraction of sp³-hybridized carbons (Fsp3) is 0.455. The summed E-state index contributed by atoms with van der Waals surface area (Å²) in [4.78, 5) is 36.0. The van der Waals surface area contributed by atoms with E-state index in [1.165, 1.54) is 24.0 Å². The van der Waals surface area contributed by atoms with Crippen LogP contribution in [0.15, 0.2) is 12.4 Å². The lowest BCUT2D eigenvalue weighted by Gasteiger charge is -2.17. The smallest absolute Gasteiger partial charge is 0.342 e. The van der Waals surface area contributed by atoms with Crippen molar-refractivity contribution in [1.82, 2.24) is 20.0 Å². The number of esters is 1. The maximum Gasteiger partial charge on any atom is 0.342 e. The number of urea groups is 1. The Morgan fingerprint density at radius 2 is 2.26 bits per heavy atom. The molecule has 1 N–H and O–H groups in total. The third-order valence-electron chi connectivity index (χ3n) is 2.69. The molecule has 0 spiro atoms. The van der Waals surface area contributed by atoms with E-state index < -0.39 is 24.0 Å². The van der Waals surface area contributed by atoms with Gasteiger partial charge in [-0.2, -0.15) is 5.10 Å². The molecule has 1 aliphatic heterocycles. The average Bonchev–Trinajstić information content (AvgIpc) is 2.97. The first-order valence-corrected chi connectivity index (χ1v) is 5.78. The number of amides is 3. The number of aromatic nitrogens is 2. The quantitative estimate of drug-likeness (QED) is 0.746. The monoisotopic (exact) mass is 266 g/mol. The summed E-state index contributed by atoms with van der Waals surface area (Å²) in [5.41, 5.74) is 0.257. The van der Waals surface area contributed by atoms with Crippen LogP contribution in [0, 0.1) is 0 Å². The van der Waals surface area contributed by atoms with E-state index in [9.17, 15) is 14.4 Å². The maximum atomic E-state index is 11.9. The molecule has 1 aliphatic rings. The molecule has 1 atom stereocenters. The lowest BCUT2D eigenvalue weighted by molar-refractivity contribution is -0.136. The van der Waals surface area contributed by atoms with Crippen LogP contribution in [0.5, 0.6) is 0 Å². The van der Waals surface area contributed by atoms with Gasteiger partial charge in [-0.1, -0.05) is 0 Å². The van der Waals surface area contributed by atoms with Crippen LogP contribution >= 0.6 is 0 Å². The van der Waals surface area contributed by atoms with Gasteiger partial charge in [0.2, 0.25) is 0 Å². The summed E-state index contributed by atoms with van der Waals surface area (Å²) in [6, 6.07) is -0.464. The normalized spacial score (nSPS) is 16.1. The Morgan fingerprint density at radius 3 is 2.79 bits per heavy atom. The molecule has 19 heavy (non-hydrogen) atoms. The summed E-state index contributed by atoms with van der Waals surface area (Å²) in [6.07, 6.45) is 1.82. The number of hydrogen-bond acceptors (Lipinski definition) is 5. The summed E-state index contributed by atoms with van der Waals surface area (Å²) in [6.45, 7) is 2.13. The van der Waals surface area contributed by atoms with Crippen LogP contribution in [0.3, 0.4) is 0 Å². The minimum atomic E-state index is -1.02. The Balaban J connectivity index is 1.97. The Hall–Kier alpha value is -2.38. The van der Waals surface area contributed by atoms with Crippen molar-refractivity contribution in [3.8, 4) is 0 Å². The highest BCUT2D eigenvalue weighted by Gasteiger charge is 2.31. The molecule has 0 saturated carbocycles. The largest absolute Gasteiger partial charge is 0.449 e. The molecule has 2 rings (SSSR count). The average molecular weight is 266 g/mol. The van der Waals surface area contributed by atoms with Crippen LogP contribution < -0.4 is 5.32 Å². The van der Waals surface area contributed by atoms with Crippen molar-refractivity contribution >= 4 is 17.9 Å². The molecular weight excluding hydrogens is 252 g/mol. The lowest BCUT2D eigenvalue weighted by Crippen LogP contribution is -2.41. The molecule has 1 fully saturated rings. The van der Waals surface area contributed by atoms with Crippen molar-refractivity contribution in [3.63, 3.8) is 0 Å². The van der Waals surface area contributed by atoms with Crippen LogP contribution in [0.25, 0.3) is 0 Å². The minimum Gasteiger partial charge on any atom is -0.449 e. The predicted octanol–water partition coefficient (Wildman–Crippen LogP) is -0.483. The van der Waals surface area contributed by atoms with Gasteiger partial charge < -0.3 is 10.1 Å². The standard InChI is InChI=1S/C11H14N4O4/c1-7(9(16)15-4-3-12-11(15)18)19-10(17)8-5-13-14(2)6-8/h5-7H,3-4H2,1-2H3,(H,12,18). The van der Waals surface area contributed by atoms with Crippen LogP contribution in [-0.4, -0.2) is 51.8 Å². The highest BCUT2D eigenvalue weighted by Crippen LogP contribution is 2.07. The molecule has 3 amide bonds. The highest BCUT2D eigenvalue weighted by atomic mass is 16.5. The van der Waals surface area contributed by atoms with Gasteiger partial charge in [-0.15, -0.1) is 0 Å². The molecule has 1 unspecified atom stereocenters. The van der Waals surface area contributed by atoms with Gasteiger partial charge in [0.25, 0.3) is 5.91 Å². The number of aryl methyl sites for hydroxylation is 1.